The van der Waals surface area contributed by atoms with Gasteiger partial charge in [-0.15, -0.1) is 0 Å². The second-order valence-corrected chi connectivity index (χ2v) is 6.69. The summed E-state index contributed by atoms with van der Waals surface area (Å²) in [6.45, 7) is -0.958. The number of pyridine rings is 1. The normalized spacial score (nSPS) is 10.2. The lowest BCUT2D eigenvalue weighted by Gasteiger charge is -2.13. The maximum absolute atomic E-state index is 12.5. The average molecular weight is 459 g/mol. The van der Waals surface area contributed by atoms with Gasteiger partial charge in [0.2, 0.25) is 0 Å². The van der Waals surface area contributed by atoms with Crippen LogP contribution in [0.15, 0.2) is 36.4 Å². The topological polar surface area (TPSA) is 156 Å². The van der Waals surface area contributed by atoms with Crippen molar-refractivity contribution in [2.75, 3.05) is 46.3 Å². The number of aromatic nitrogens is 1. The lowest BCUT2D eigenvalue weighted by atomic mass is 10.1. The molecule has 1 aromatic carbocycles. The maximum atomic E-state index is 12.5. The van der Waals surface area contributed by atoms with Crippen LogP contribution in [0.1, 0.15) is 16.1 Å². The van der Waals surface area contributed by atoms with E-state index in [1.807, 2.05) is 0 Å². The van der Waals surface area contributed by atoms with Gasteiger partial charge in [-0.3, -0.25) is 9.59 Å². The van der Waals surface area contributed by atoms with Crippen molar-refractivity contribution in [2.24, 2.45) is 0 Å². The summed E-state index contributed by atoms with van der Waals surface area (Å²) in [5.41, 5.74) is 6.39. The van der Waals surface area contributed by atoms with Crippen molar-refractivity contribution in [3.8, 4) is 11.5 Å². The van der Waals surface area contributed by atoms with Gasteiger partial charge in [0, 0.05) is 5.56 Å². The number of nitrogens with two attached hydrogens (primary N) is 1. The highest BCUT2D eigenvalue weighted by Crippen LogP contribution is 2.28. The molecule has 1 heterocycles. The van der Waals surface area contributed by atoms with Gasteiger partial charge in [0.25, 0.3) is 0 Å². The monoisotopic (exact) mass is 459 g/mol. The number of nitrogens with one attached hydrogen (secondary N) is 1. The van der Waals surface area contributed by atoms with E-state index < -0.39 is 18.5 Å². The van der Waals surface area contributed by atoms with Crippen molar-refractivity contribution in [3.63, 3.8) is 0 Å². The van der Waals surface area contributed by atoms with E-state index in [2.05, 4.69) is 19.8 Å². The van der Waals surface area contributed by atoms with E-state index in [4.69, 9.17) is 15.2 Å². The Morgan fingerprint density at radius 1 is 0.909 bits per heavy atom. The summed E-state index contributed by atoms with van der Waals surface area (Å²) in [5, 5.41) is 2.79. The average Bonchev–Trinajstić information content (AvgIpc) is 2.80. The van der Waals surface area contributed by atoms with Crippen molar-refractivity contribution in [3.05, 3.63) is 47.7 Å². The molecule has 0 atom stereocenters. The number of methoxy groups -OCH3 is 2. The van der Waals surface area contributed by atoms with Crippen molar-refractivity contribution < 1.29 is 38.1 Å². The Hall–Kier alpha value is -3.99. The van der Waals surface area contributed by atoms with Gasteiger partial charge in [0.1, 0.15) is 5.82 Å². The van der Waals surface area contributed by atoms with Gasteiger partial charge in [0.15, 0.2) is 36.3 Å². The molecule has 0 aliphatic rings. The molecule has 0 aliphatic carbocycles. The fourth-order valence-electron chi connectivity index (χ4n) is 2.58. The van der Waals surface area contributed by atoms with E-state index >= 15 is 0 Å². The van der Waals surface area contributed by atoms with Gasteiger partial charge in [-0.05, 0) is 30.3 Å². The van der Waals surface area contributed by atoms with Crippen LogP contribution in [0.5, 0.6) is 11.5 Å². The quantitative estimate of drug-likeness (QED) is 0.315. The summed E-state index contributed by atoms with van der Waals surface area (Å²) in [6, 6.07) is 9.30. The second kappa shape index (κ2) is 12.8. The molecule has 0 fully saturated rings. The third-order valence-corrected chi connectivity index (χ3v) is 4.23. The van der Waals surface area contributed by atoms with Crippen molar-refractivity contribution in [2.45, 2.75) is 6.42 Å². The zero-order valence-electron chi connectivity index (χ0n) is 18.3. The summed E-state index contributed by atoms with van der Waals surface area (Å²) >= 11 is 0. The lowest BCUT2D eigenvalue weighted by molar-refractivity contribution is -0.144. The van der Waals surface area contributed by atoms with Crippen LogP contribution in [0.4, 0.5) is 5.82 Å². The number of hydrogen-bond acceptors (Lipinski definition) is 11. The van der Waals surface area contributed by atoms with Crippen LogP contribution in [-0.4, -0.2) is 69.0 Å². The first-order chi connectivity index (χ1) is 15.8. The van der Waals surface area contributed by atoms with Crippen LogP contribution in [0.3, 0.4) is 0 Å². The summed E-state index contributed by atoms with van der Waals surface area (Å²) in [7, 11) is 2.42. The minimum absolute atomic E-state index is 0.0335. The van der Waals surface area contributed by atoms with E-state index in [-0.39, 0.29) is 54.7 Å². The predicted octanol–water partition coefficient (Wildman–Crippen LogP) is 0.352. The van der Waals surface area contributed by atoms with Crippen LogP contribution in [0.25, 0.3) is 0 Å². The van der Waals surface area contributed by atoms with Gasteiger partial charge < -0.3 is 30.0 Å². The fourth-order valence-corrected chi connectivity index (χ4v) is 2.58. The molecule has 0 bridgehead atoms. The molecular weight excluding hydrogens is 434 g/mol. The number of hydrogen-bond donors (Lipinski definition) is 2. The number of anilines is 1. The third-order valence-electron chi connectivity index (χ3n) is 4.23. The third kappa shape index (κ3) is 8.57. The standard InChI is InChI=1S/C22H25N3O8/c1-30-21(28)12-32-18-7-6-14(8-19(18)33-13-22(29)31-2)17(27)11-24-10-16(26)9-15-4-3-5-20(23)25-15/h3-8,24H,9-13H2,1-2H3,(H2,23,25). The number of carbonyl (C=O) groups is 4. The van der Waals surface area contributed by atoms with E-state index in [0.29, 0.717) is 11.5 Å². The van der Waals surface area contributed by atoms with Gasteiger partial charge in [-0.1, -0.05) is 6.07 Å². The highest BCUT2D eigenvalue weighted by atomic mass is 16.6. The molecule has 0 spiro atoms. The van der Waals surface area contributed by atoms with Crippen LogP contribution in [0, 0.1) is 0 Å². The molecule has 11 heteroatoms. The first-order valence-electron chi connectivity index (χ1n) is 9.82. The molecule has 2 rings (SSSR count). The Balaban J connectivity index is 1.97. The van der Waals surface area contributed by atoms with E-state index in [1.54, 1.807) is 18.2 Å². The SMILES string of the molecule is COC(=O)COc1ccc(C(=O)CNCC(=O)Cc2cccc(N)n2)cc1OCC(=O)OC. The van der Waals surface area contributed by atoms with Gasteiger partial charge >= 0.3 is 11.9 Å². The van der Waals surface area contributed by atoms with E-state index in [9.17, 15) is 19.2 Å². The molecule has 33 heavy (non-hydrogen) atoms. The van der Waals surface area contributed by atoms with Crippen LogP contribution in [0.2, 0.25) is 0 Å². The molecule has 1 aromatic heterocycles. The van der Waals surface area contributed by atoms with Crippen molar-refractivity contribution in [1.82, 2.24) is 10.3 Å². The van der Waals surface area contributed by atoms with E-state index in [0.717, 1.165) is 0 Å². The minimum atomic E-state index is -0.638. The summed E-state index contributed by atoms with van der Waals surface area (Å²) in [4.78, 5) is 51.4. The molecule has 11 nitrogen and oxygen atoms in total. The summed E-state index contributed by atoms with van der Waals surface area (Å²) in [6.07, 6.45) is 0.0873. The maximum Gasteiger partial charge on any atom is 0.343 e. The molecule has 0 radical (unpaired) electrons. The van der Waals surface area contributed by atoms with Gasteiger partial charge in [-0.2, -0.15) is 0 Å². The van der Waals surface area contributed by atoms with Crippen molar-refractivity contribution >= 4 is 29.3 Å². The van der Waals surface area contributed by atoms with Crippen LogP contribution in [-0.2, 0) is 30.3 Å². The molecule has 0 amide bonds. The number of benzene rings is 1. The number of Topliss-reactive ketones (excluding diaryl/α,β-unsaturated/α-hetero) is 2. The first kappa shape index (κ1) is 25.3. The second-order valence-electron chi connectivity index (χ2n) is 6.69. The highest BCUT2D eigenvalue weighted by molar-refractivity contribution is 5.98. The molecule has 0 aliphatic heterocycles. The van der Waals surface area contributed by atoms with E-state index in [1.165, 1.54) is 32.4 Å². The Morgan fingerprint density at radius 2 is 1.58 bits per heavy atom. The number of rotatable bonds is 13. The van der Waals surface area contributed by atoms with Gasteiger partial charge in [0.05, 0.1) is 39.4 Å². The lowest BCUT2D eigenvalue weighted by Crippen LogP contribution is -2.29. The molecule has 0 saturated heterocycles. The van der Waals surface area contributed by atoms with Gasteiger partial charge in [-0.25, -0.2) is 14.6 Å². The summed E-state index contributed by atoms with van der Waals surface area (Å²) in [5.74, 6) is -1.20. The minimum Gasteiger partial charge on any atom is -0.478 e. The Morgan fingerprint density at radius 3 is 2.21 bits per heavy atom. The summed E-state index contributed by atoms with van der Waals surface area (Å²) < 4.78 is 19.7. The first-order valence-corrected chi connectivity index (χ1v) is 9.82. The Kier molecular flexibility index (Phi) is 9.78. The zero-order valence-corrected chi connectivity index (χ0v) is 18.3. The highest BCUT2D eigenvalue weighted by Gasteiger charge is 2.15. The number of nitrogens with zero attached hydrogens (tertiary/aromatic N) is 1. The number of carbonyl (C=O) groups excluding carboxylic acids is 4. The Labute approximate surface area is 190 Å². The largest absolute Gasteiger partial charge is 0.478 e. The molecule has 2 aromatic rings. The fraction of sp³-hybridized carbons (Fsp3) is 0.318. The molecular formula is C22H25N3O8. The van der Waals surface area contributed by atoms with Crippen molar-refractivity contribution in [1.29, 1.82) is 0 Å². The molecule has 176 valence electrons. The zero-order chi connectivity index (χ0) is 24.2. The molecule has 3 N–H and O–H groups in total. The smallest absolute Gasteiger partial charge is 0.343 e. The molecule has 0 unspecified atom stereocenters. The van der Waals surface area contributed by atoms with Crippen LogP contribution < -0.4 is 20.5 Å². The number of esters is 2. The molecule has 0 saturated carbocycles. The predicted molar refractivity (Wildman–Crippen MR) is 116 cm³/mol. The number of ether oxygens (including phenoxy) is 4. The Bertz CT molecular complexity index is 1010. The van der Waals surface area contributed by atoms with Crippen LogP contribution >= 0.6 is 0 Å². The number of nitrogen functional groups attached to an aromatic ring is 1. The number of ketones is 2.